The predicted octanol–water partition coefficient (Wildman–Crippen LogP) is 4.37. The zero-order chi connectivity index (χ0) is 18.5. The third-order valence-corrected chi connectivity index (χ3v) is 4.26. The van der Waals surface area contributed by atoms with Crippen LogP contribution in [0.15, 0.2) is 83.5 Å². The van der Waals surface area contributed by atoms with Gasteiger partial charge in [0.1, 0.15) is 5.58 Å². The minimum absolute atomic E-state index is 0.242. The molecule has 0 spiro atoms. The SMILES string of the molecule is O=C(NCc1cccnc1)c1cc2cc(NCc3ccccc3)ccc2o1. The molecular formula is C22H19N3O2. The zero-order valence-corrected chi connectivity index (χ0v) is 14.7. The van der Waals surface area contributed by atoms with Crippen LogP contribution in [-0.4, -0.2) is 10.9 Å². The number of nitrogens with one attached hydrogen (secondary N) is 2. The van der Waals surface area contributed by atoms with Crippen LogP contribution in [0.5, 0.6) is 0 Å². The molecule has 0 bridgehead atoms. The molecule has 2 N–H and O–H groups in total. The minimum Gasteiger partial charge on any atom is -0.451 e. The van der Waals surface area contributed by atoms with E-state index >= 15 is 0 Å². The number of rotatable bonds is 6. The Morgan fingerprint density at radius 2 is 1.78 bits per heavy atom. The molecule has 0 unspecified atom stereocenters. The summed E-state index contributed by atoms with van der Waals surface area (Å²) in [6, 6.07) is 21.5. The Hall–Kier alpha value is -3.60. The lowest BCUT2D eigenvalue weighted by molar-refractivity contribution is 0.0925. The second-order valence-corrected chi connectivity index (χ2v) is 6.25. The highest BCUT2D eigenvalue weighted by Crippen LogP contribution is 2.23. The molecule has 0 aliphatic carbocycles. The maximum atomic E-state index is 12.3. The third kappa shape index (κ3) is 4.15. The Balaban J connectivity index is 1.43. The van der Waals surface area contributed by atoms with Crippen molar-refractivity contribution in [2.24, 2.45) is 0 Å². The largest absolute Gasteiger partial charge is 0.451 e. The molecule has 2 aromatic carbocycles. The van der Waals surface area contributed by atoms with Crippen LogP contribution < -0.4 is 10.6 Å². The second-order valence-electron chi connectivity index (χ2n) is 6.25. The first kappa shape index (κ1) is 16.8. The van der Waals surface area contributed by atoms with Crippen molar-refractivity contribution < 1.29 is 9.21 Å². The first-order valence-electron chi connectivity index (χ1n) is 8.76. The maximum absolute atomic E-state index is 12.3. The van der Waals surface area contributed by atoms with Crippen LogP contribution in [-0.2, 0) is 13.1 Å². The number of aromatic nitrogens is 1. The number of nitrogens with zero attached hydrogens (tertiary/aromatic N) is 1. The van der Waals surface area contributed by atoms with Crippen LogP contribution in [0.1, 0.15) is 21.7 Å². The molecular weight excluding hydrogens is 338 g/mol. The molecule has 0 atom stereocenters. The molecule has 2 heterocycles. The Morgan fingerprint density at radius 3 is 2.59 bits per heavy atom. The van der Waals surface area contributed by atoms with Crippen molar-refractivity contribution in [3.8, 4) is 0 Å². The lowest BCUT2D eigenvalue weighted by Crippen LogP contribution is -2.22. The number of pyridine rings is 1. The van der Waals surface area contributed by atoms with Gasteiger partial charge in [-0.1, -0.05) is 36.4 Å². The number of anilines is 1. The molecule has 134 valence electrons. The van der Waals surface area contributed by atoms with Gasteiger partial charge in [0.2, 0.25) is 0 Å². The zero-order valence-electron chi connectivity index (χ0n) is 14.7. The molecule has 2 aromatic heterocycles. The quantitative estimate of drug-likeness (QED) is 0.538. The van der Waals surface area contributed by atoms with Gasteiger partial charge in [-0.2, -0.15) is 0 Å². The highest BCUT2D eigenvalue weighted by molar-refractivity contribution is 5.96. The fourth-order valence-corrected chi connectivity index (χ4v) is 2.84. The van der Waals surface area contributed by atoms with E-state index in [4.69, 9.17) is 4.42 Å². The summed E-state index contributed by atoms with van der Waals surface area (Å²) in [5.41, 5.74) is 3.82. The van der Waals surface area contributed by atoms with Crippen LogP contribution in [0.25, 0.3) is 11.0 Å². The smallest absolute Gasteiger partial charge is 0.287 e. The van der Waals surface area contributed by atoms with E-state index in [1.165, 1.54) is 5.56 Å². The second kappa shape index (κ2) is 7.74. The Bertz CT molecular complexity index is 1040. The average molecular weight is 357 g/mol. The number of hydrogen-bond acceptors (Lipinski definition) is 4. The van der Waals surface area contributed by atoms with Crippen molar-refractivity contribution in [2.45, 2.75) is 13.1 Å². The van der Waals surface area contributed by atoms with Crippen LogP contribution in [0.4, 0.5) is 5.69 Å². The molecule has 0 saturated carbocycles. The number of hydrogen-bond donors (Lipinski definition) is 2. The van der Waals surface area contributed by atoms with E-state index in [2.05, 4.69) is 27.8 Å². The van der Waals surface area contributed by atoms with Crippen LogP contribution in [0.3, 0.4) is 0 Å². The van der Waals surface area contributed by atoms with E-state index < -0.39 is 0 Å². The van der Waals surface area contributed by atoms with E-state index in [1.807, 2.05) is 48.5 Å². The maximum Gasteiger partial charge on any atom is 0.287 e. The first-order chi connectivity index (χ1) is 13.3. The van der Waals surface area contributed by atoms with Gasteiger partial charge in [-0.05, 0) is 41.5 Å². The lowest BCUT2D eigenvalue weighted by atomic mass is 10.2. The normalized spacial score (nSPS) is 10.7. The summed E-state index contributed by atoms with van der Waals surface area (Å²) in [6.07, 6.45) is 3.43. The van der Waals surface area contributed by atoms with Gasteiger partial charge in [0.25, 0.3) is 5.91 Å². The molecule has 4 aromatic rings. The highest BCUT2D eigenvalue weighted by atomic mass is 16.3. The summed E-state index contributed by atoms with van der Waals surface area (Å²) in [5, 5.41) is 7.13. The van der Waals surface area contributed by atoms with Gasteiger partial charge in [0, 0.05) is 36.6 Å². The Labute approximate surface area is 157 Å². The van der Waals surface area contributed by atoms with Crippen LogP contribution in [0.2, 0.25) is 0 Å². The molecule has 1 amide bonds. The topological polar surface area (TPSA) is 67.2 Å². The number of fused-ring (bicyclic) bond motifs is 1. The van der Waals surface area contributed by atoms with Crippen LogP contribution in [0, 0.1) is 0 Å². The van der Waals surface area contributed by atoms with Gasteiger partial charge >= 0.3 is 0 Å². The fourth-order valence-electron chi connectivity index (χ4n) is 2.84. The summed E-state index contributed by atoms with van der Waals surface area (Å²) in [4.78, 5) is 16.4. The van der Waals surface area contributed by atoms with Gasteiger partial charge < -0.3 is 15.1 Å². The van der Waals surface area contributed by atoms with Gasteiger partial charge in [0.05, 0.1) is 0 Å². The molecule has 27 heavy (non-hydrogen) atoms. The van der Waals surface area contributed by atoms with Gasteiger partial charge in [0.15, 0.2) is 5.76 Å². The number of carbonyl (C=O) groups excluding carboxylic acids is 1. The van der Waals surface area contributed by atoms with E-state index in [0.717, 1.165) is 23.2 Å². The highest BCUT2D eigenvalue weighted by Gasteiger charge is 2.12. The average Bonchev–Trinajstić information content (AvgIpc) is 3.15. The van der Waals surface area contributed by atoms with Crippen molar-refractivity contribution in [3.05, 3.63) is 96.0 Å². The van der Waals surface area contributed by atoms with Gasteiger partial charge in [-0.25, -0.2) is 0 Å². The molecule has 0 aliphatic rings. The summed E-state index contributed by atoms with van der Waals surface area (Å²) in [7, 11) is 0. The summed E-state index contributed by atoms with van der Waals surface area (Å²) < 4.78 is 5.68. The monoisotopic (exact) mass is 357 g/mol. The third-order valence-electron chi connectivity index (χ3n) is 4.26. The van der Waals surface area contributed by atoms with E-state index in [1.54, 1.807) is 18.5 Å². The number of amides is 1. The fraction of sp³-hybridized carbons (Fsp3) is 0.0909. The first-order valence-corrected chi connectivity index (χ1v) is 8.76. The molecule has 0 fully saturated rings. The Morgan fingerprint density at radius 1 is 0.926 bits per heavy atom. The molecule has 0 radical (unpaired) electrons. The van der Waals surface area contributed by atoms with Crippen molar-refractivity contribution in [3.63, 3.8) is 0 Å². The van der Waals surface area contributed by atoms with Gasteiger partial charge in [-0.15, -0.1) is 0 Å². The summed E-state index contributed by atoms with van der Waals surface area (Å²) in [5.74, 6) is 0.0583. The predicted molar refractivity (Wildman–Crippen MR) is 105 cm³/mol. The van der Waals surface area contributed by atoms with Crippen LogP contribution >= 0.6 is 0 Å². The van der Waals surface area contributed by atoms with Gasteiger partial charge in [-0.3, -0.25) is 9.78 Å². The molecule has 0 saturated heterocycles. The van der Waals surface area contributed by atoms with E-state index in [-0.39, 0.29) is 5.91 Å². The molecule has 5 heteroatoms. The Kier molecular flexibility index (Phi) is 4.83. The van der Waals surface area contributed by atoms with Crippen molar-refractivity contribution >= 4 is 22.6 Å². The summed E-state index contributed by atoms with van der Waals surface area (Å²) >= 11 is 0. The van der Waals surface area contributed by atoms with E-state index in [9.17, 15) is 4.79 Å². The standard InChI is InChI=1S/C22H19N3O2/c26-22(25-15-17-7-4-10-23-13-17)21-12-18-11-19(8-9-20(18)27-21)24-14-16-5-2-1-3-6-16/h1-13,24H,14-15H2,(H,25,26). The number of carbonyl (C=O) groups is 1. The van der Waals surface area contributed by atoms with Crippen molar-refractivity contribution in [1.82, 2.24) is 10.3 Å². The van der Waals surface area contributed by atoms with Crippen molar-refractivity contribution in [1.29, 1.82) is 0 Å². The summed E-state index contributed by atoms with van der Waals surface area (Å²) in [6.45, 7) is 1.15. The minimum atomic E-state index is -0.242. The lowest BCUT2D eigenvalue weighted by Gasteiger charge is -2.06. The van der Waals surface area contributed by atoms with Crippen molar-refractivity contribution in [2.75, 3.05) is 5.32 Å². The molecule has 0 aliphatic heterocycles. The number of furan rings is 1. The number of benzene rings is 2. The molecule has 4 rings (SSSR count). The van der Waals surface area contributed by atoms with E-state index in [0.29, 0.717) is 17.9 Å². The molecule has 5 nitrogen and oxygen atoms in total.